The van der Waals surface area contributed by atoms with Crippen molar-refractivity contribution < 1.29 is 4.74 Å². The van der Waals surface area contributed by atoms with E-state index in [0.29, 0.717) is 6.04 Å². The molecular formula is C14H21NO. The fraction of sp³-hybridized carbons (Fsp3) is 0.571. The lowest BCUT2D eigenvalue weighted by atomic mass is 10.00. The quantitative estimate of drug-likeness (QED) is 0.840. The zero-order valence-electron chi connectivity index (χ0n) is 9.99. The molecule has 1 aromatic carbocycles. The molecule has 2 atom stereocenters. The average molecular weight is 219 g/mol. The van der Waals surface area contributed by atoms with E-state index in [0.717, 1.165) is 12.2 Å². The highest BCUT2D eigenvalue weighted by molar-refractivity contribution is 5.21. The number of benzene rings is 1. The van der Waals surface area contributed by atoms with Crippen molar-refractivity contribution in [1.29, 1.82) is 0 Å². The summed E-state index contributed by atoms with van der Waals surface area (Å²) >= 11 is 0. The zero-order valence-corrected chi connectivity index (χ0v) is 9.99. The molecule has 2 nitrogen and oxygen atoms in total. The Kier molecular flexibility index (Phi) is 4.23. The molecule has 0 aromatic heterocycles. The summed E-state index contributed by atoms with van der Waals surface area (Å²) in [5, 5.41) is 3.56. The van der Waals surface area contributed by atoms with E-state index in [1.54, 1.807) is 0 Å². The molecule has 0 amide bonds. The van der Waals surface area contributed by atoms with Gasteiger partial charge in [-0.25, -0.2) is 0 Å². The fourth-order valence-corrected chi connectivity index (χ4v) is 2.31. The van der Waals surface area contributed by atoms with Gasteiger partial charge >= 0.3 is 0 Å². The smallest absolute Gasteiger partial charge is 0.119 e. The summed E-state index contributed by atoms with van der Waals surface area (Å²) in [5.74, 6) is 0.978. The Bertz CT molecular complexity index is 293. The highest BCUT2D eigenvalue weighted by atomic mass is 16.5. The van der Waals surface area contributed by atoms with Gasteiger partial charge in [0, 0.05) is 6.04 Å². The maximum Gasteiger partial charge on any atom is 0.119 e. The van der Waals surface area contributed by atoms with Gasteiger partial charge in [-0.3, -0.25) is 0 Å². The largest absolute Gasteiger partial charge is 0.491 e. The van der Waals surface area contributed by atoms with E-state index in [4.69, 9.17) is 4.74 Å². The average Bonchev–Trinajstić information content (AvgIpc) is 2.31. The summed E-state index contributed by atoms with van der Waals surface area (Å²) in [6.07, 6.45) is 5.37. The first kappa shape index (κ1) is 11.5. The summed E-state index contributed by atoms with van der Waals surface area (Å²) in [6, 6.07) is 10.7. The predicted octanol–water partition coefficient (Wildman–Crippen LogP) is 2.99. The van der Waals surface area contributed by atoms with Crippen molar-refractivity contribution in [2.24, 2.45) is 0 Å². The van der Waals surface area contributed by atoms with Crippen LogP contribution in [-0.2, 0) is 0 Å². The SMILES string of the molecule is CC(CC1CCCCN1)Oc1ccccc1. The van der Waals surface area contributed by atoms with Crippen molar-refractivity contribution in [2.75, 3.05) is 6.54 Å². The predicted molar refractivity (Wildman–Crippen MR) is 66.8 cm³/mol. The molecule has 1 N–H and O–H groups in total. The van der Waals surface area contributed by atoms with E-state index in [2.05, 4.69) is 12.2 Å². The number of hydrogen-bond donors (Lipinski definition) is 1. The maximum absolute atomic E-state index is 5.88. The summed E-state index contributed by atoms with van der Waals surface area (Å²) < 4.78 is 5.88. The molecule has 16 heavy (non-hydrogen) atoms. The van der Waals surface area contributed by atoms with Gasteiger partial charge in [-0.1, -0.05) is 24.6 Å². The van der Waals surface area contributed by atoms with Crippen LogP contribution in [0.2, 0.25) is 0 Å². The Hall–Kier alpha value is -1.02. The van der Waals surface area contributed by atoms with Crippen LogP contribution in [0.4, 0.5) is 0 Å². The molecule has 1 aromatic rings. The first-order chi connectivity index (χ1) is 7.84. The van der Waals surface area contributed by atoms with Crippen molar-refractivity contribution in [2.45, 2.75) is 44.8 Å². The second-order valence-electron chi connectivity index (χ2n) is 4.62. The monoisotopic (exact) mass is 219 g/mol. The van der Waals surface area contributed by atoms with Gasteiger partial charge < -0.3 is 10.1 Å². The van der Waals surface area contributed by atoms with E-state index >= 15 is 0 Å². The molecule has 0 bridgehead atoms. The van der Waals surface area contributed by atoms with Crippen LogP contribution in [0, 0.1) is 0 Å². The third-order valence-corrected chi connectivity index (χ3v) is 3.11. The van der Waals surface area contributed by atoms with Crippen LogP contribution >= 0.6 is 0 Å². The lowest BCUT2D eigenvalue weighted by molar-refractivity contribution is 0.184. The number of ether oxygens (including phenoxy) is 1. The van der Waals surface area contributed by atoms with Crippen LogP contribution in [0.3, 0.4) is 0 Å². The third-order valence-electron chi connectivity index (χ3n) is 3.11. The number of para-hydroxylation sites is 1. The summed E-state index contributed by atoms with van der Waals surface area (Å²) in [6.45, 7) is 3.33. The van der Waals surface area contributed by atoms with Crippen LogP contribution in [0.15, 0.2) is 30.3 Å². The van der Waals surface area contributed by atoms with Gasteiger partial charge in [-0.05, 0) is 44.9 Å². The minimum Gasteiger partial charge on any atom is -0.491 e. The second-order valence-corrected chi connectivity index (χ2v) is 4.62. The number of hydrogen-bond acceptors (Lipinski definition) is 2. The minimum absolute atomic E-state index is 0.290. The minimum atomic E-state index is 0.290. The Morgan fingerprint density at radius 1 is 1.31 bits per heavy atom. The summed E-state index contributed by atoms with van der Waals surface area (Å²) in [4.78, 5) is 0. The van der Waals surface area contributed by atoms with Crippen LogP contribution in [-0.4, -0.2) is 18.7 Å². The molecule has 0 aliphatic carbocycles. The molecule has 1 fully saturated rings. The van der Waals surface area contributed by atoms with Crippen molar-refractivity contribution in [3.05, 3.63) is 30.3 Å². The fourth-order valence-electron chi connectivity index (χ4n) is 2.31. The molecule has 2 unspecified atom stereocenters. The normalized spacial score (nSPS) is 22.7. The first-order valence-electron chi connectivity index (χ1n) is 6.29. The van der Waals surface area contributed by atoms with Crippen LogP contribution in [0.1, 0.15) is 32.6 Å². The molecular weight excluding hydrogens is 198 g/mol. The number of rotatable bonds is 4. The van der Waals surface area contributed by atoms with Gasteiger partial charge in [0.25, 0.3) is 0 Å². The van der Waals surface area contributed by atoms with Crippen LogP contribution < -0.4 is 10.1 Å². The van der Waals surface area contributed by atoms with Gasteiger partial charge in [0.15, 0.2) is 0 Å². The Morgan fingerprint density at radius 3 is 2.81 bits per heavy atom. The van der Waals surface area contributed by atoms with E-state index < -0.39 is 0 Å². The Labute approximate surface area is 98.0 Å². The van der Waals surface area contributed by atoms with Crippen molar-refractivity contribution in [1.82, 2.24) is 5.32 Å². The van der Waals surface area contributed by atoms with E-state index in [1.807, 2.05) is 30.3 Å². The van der Waals surface area contributed by atoms with Gasteiger partial charge in [0.1, 0.15) is 5.75 Å². The molecule has 0 radical (unpaired) electrons. The molecule has 2 heteroatoms. The van der Waals surface area contributed by atoms with Crippen LogP contribution in [0.5, 0.6) is 5.75 Å². The van der Waals surface area contributed by atoms with Crippen molar-refractivity contribution in [3.63, 3.8) is 0 Å². The standard InChI is InChI=1S/C14H21NO/c1-12(11-13-7-5-6-10-15-13)16-14-8-3-2-4-9-14/h2-4,8-9,12-13,15H,5-7,10-11H2,1H3. The van der Waals surface area contributed by atoms with Crippen molar-refractivity contribution >= 4 is 0 Å². The van der Waals surface area contributed by atoms with E-state index in [1.165, 1.54) is 25.8 Å². The summed E-state index contributed by atoms with van der Waals surface area (Å²) in [5.41, 5.74) is 0. The lowest BCUT2D eigenvalue weighted by Gasteiger charge is -2.26. The maximum atomic E-state index is 5.88. The van der Waals surface area contributed by atoms with E-state index in [-0.39, 0.29) is 6.10 Å². The van der Waals surface area contributed by atoms with E-state index in [9.17, 15) is 0 Å². The van der Waals surface area contributed by atoms with Gasteiger partial charge in [-0.15, -0.1) is 0 Å². The van der Waals surface area contributed by atoms with Gasteiger partial charge in [0.2, 0.25) is 0 Å². The molecule has 2 rings (SSSR count). The molecule has 0 saturated carbocycles. The van der Waals surface area contributed by atoms with Crippen LogP contribution in [0.25, 0.3) is 0 Å². The van der Waals surface area contributed by atoms with Gasteiger partial charge in [0.05, 0.1) is 6.10 Å². The number of nitrogens with one attached hydrogen (secondary N) is 1. The van der Waals surface area contributed by atoms with Crippen molar-refractivity contribution in [3.8, 4) is 5.75 Å². The molecule has 1 aliphatic rings. The van der Waals surface area contributed by atoms with Gasteiger partial charge in [-0.2, -0.15) is 0 Å². The first-order valence-corrected chi connectivity index (χ1v) is 6.29. The highest BCUT2D eigenvalue weighted by Gasteiger charge is 2.16. The molecule has 1 heterocycles. The third kappa shape index (κ3) is 3.53. The summed E-state index contributed by atoms with van der Waals surface area (Å²) in [7, 11) is 0. The molecule has 1 saturated heterocycles. The zero-order chi connectivity index (χ0) is 11.2. The second kappa shape index (κ2) is 5.90. The Balaban J connectivity index is 1.77. The molecule has 88 valence electrons. The molecule has 0 spiro atoms. The Morgan fingerprint density at radius 2 is 2.12 bits per heavy atom. The highest BCUT2D eigenvalue weighted by Crippen LogP contribution is 2.16. The topological polar surface area (TPSA) is 21.3 Å². The lowest BCUT2D eigenvalue weighted by Crippen LogP contribution is -2.37. The number of piperidine rings is 1. The molecule has 1 aliphatic heterocycles.